The van der Waals surface area contributed by atoms with Crippen molar-refractivity contribution in [1.82, 2.24) is 5.32 Å². The van der Waals surface area contributed by atoms with Gasteiger partial charge in [0.25, 0.3) is 5.91 Å². The first-order valence-corrected chi connectivity index (χ1v) is 8.71. The number of benzene rings is 1. The number of hydrogen-bond donors (Lipinski definition) is 1. The van der Waals surface area contributed by atoms with Crippen molar-refractivity contribution in [2.75, 3.05) is 0 Å². The van der Waals surface area contributed by atoms with E-state index in [-0.39, 0.29) is 5.91 Å². The molecule has 0 aliphatic carbocycles. The van der Waals surface area contributed by atoms with Crippen LogP contribution in [0.25, 0.3) is 6.08 Å². The van der Waals surface area contributed by atoms with Gasteiger partial charge in [-0.1, -0.05) is 27.5 Å². The molecule has 1 aromatic heterocycles. The quantitative estimate of drug-likeness (QED) is 0.717. The van der Waals surface area contributed by atoms with Gasteiger partial charge in [-0.25, -0.2) is 4.99 Å². The summed E-state index contributed by atoms with van der Waals surface area (Å²) in [5, 5.41) is 3.34. The van der Waals surface area contributed by atoms with Crippen molar-refractivity contribution in [2.45, 2.75) is 0 Å². The summed E-state index contributed by atoms with van der Waals surface area (Å²) in [7, 11) is 0. The molecule has 1 saturated heterocycles. The van der Waals surface area contributed by atoms with Gasteiger partial charge in [0.05, 0.1) is 14.9 Å². The van der Waals surface area contributed by atoms with Gasteiger partial charge in [0.2, 0.25) is 0 Å². The molecule has 0 radical (unpaired) electrons. The molecule has 0 spiro atoms. The van der Waals surface area contributed by atoms with Crippen molar-refractivity contribution >= 4 is 73.5 Å². The minimum absolute atomic E-state index is 0.139. The molecule has 7 heteroatoms. The summed E-state index contributed by atoms with van der Waals surface area (Å²) in [5.41, 5.74) is 0.793. The zero-order valence-electron chi connectivity index (χ0n) is 10.5. The average Bonchev–Trinajstić information content (AvgIpc) is 3.00. The highest BCUT2D eigenvalue weighted by molar-refractivity contribution is 9.10. The van der Waals surface area contributed by atoms with E-state index in [2.05, 4.69) is 26.2 Å². The van der Waals surface area contributed by atoms with E-state index in [1.807, 2.05) is 42.5 Å². The SMILES string of the molecule is O=C1NC(=Nc2ccc(Br)cc2)S/C1=C/c1ccc(Cl)s1. The Balaban J connectivity index is 1.81. The third kappa shape index (κ3) is 3.77. The number of aliphatic imine (C=N–C) groups is 1. The molecule has 0 saturated carbocycles. The highest BCUT2D eigenvalue weighted by Crippen LogP contribution is 2.31. The molecule has 2 aromatic rings. The molecule has 1 amide bonds. The van der Waals surface area contributed by atoms with E-state index in [0.29, 0.717) is 14.4 Å². The van der Waals surface area contributed by atoms with Crippen LogP contribution in [-0.4, -0.2) is 11.1 Å². The van der Waals surface area contributed by atoms with E-state index in [0.717, 1.165) is 15.0 Å². The predicted octanol–water partition coefficient (Wildman–Crippen LogP) is 5.06. The lowest BCUT2D eigenvalue weighted by Crippen LogP contribution is -2.19. The summed E-state index contributed by atoms with van der Waals surface area (Å²) in [6.45, 7) is 0. The van der Waals surface area contributed by atoms with Crippen LogP contribution in [0.5, 0.6) is 0 Å². The second-order valence-electron chi connectivity index (χ2n) is 4.10. The minimum atomic E-state index is -0.139. The molecule has 0 bridgehead atoms. The molecule has 1 aliphatic rings. The summed E-state index contributed by atoms with van der Waals surface area (Å²) in [4.78, 5) is 17.9. The monoisotopic (exact) mass is 398 g/mol. The van der Waals surface area contributed by atoms with Crippen molar-refractivity contribution in [3.05, 3.63) is 55.0 Å². The molecule has 3 nitrogen and oxygen atoms in total. The first-order chi connectivity index (χ1) is 10.1. The normalized spacial score (nSPS) is 18.5. The lowest BCUT2D eigenvalue weighted by molar-refractivity contribution is -0.115. The Hall–Kier alpha value is -1.08. The molecule has 1 fully saturated rings. The van der Waals surface area contributed by atoms with Crippen molar-refractivity contribution in [3.8, 4) is 0 Å². The summed E-state index contributed by atoms with van der Waals surface area (Å²) in [6.07, 6.45) is 1.82. The van der Waals surface area contributed by atoms with E-state index in [1.54, 1.807) is 0 Å². The van der Waals surface area contributed by atoms with E-state index in [1.165, 1.54) is 23.1 Å². The van der Waals surface area contributed by atoms with E-state index >= 15 is 0 Å². The maximum absolute atomic E-state index is 11.9. The fourth-order valence-electron chi connectivity index (χ4n) is 1.65. The van der Waals surface area contributed by atoms with Crippen LogP contribution in [0.1, 0.15) is 4.88 Å². The molecule has 106 valence electrons. The highest BCUT2D eigenvalue weighted by atomic mass is 79.9. The Kier molecular flexibility index (Phi) is 4.49. The molecular weight excluding hydrogens is 392 g/mol. The summed E-state index contributed by atoms with van der Waals surface area (Å²) in [6, 6.07) is 11.3. The molecule has 21 heavy (non-hydrogen) atoms. The van der Waals surface area contributed by atoms with Gasteiger partial charge in [-0.05, 0) is 54.2 Å². The van der Waals surface area contributed by atoms with Crippen molar-refractivity contribution in [2.24, 2.45) is 4.99 Å². The lowest BCUT2D eigenvalue weighted by Gasteiger charge is -1.96. The number of hydrogen-bond acceptors (Lipinski definition) is 4. The molecule has 2 heterocycles. The van der Waals surface area contributed by atoms with Crippen LogP contribution in [0.3, 0.4) is 0 Å². The molecule has 0 unspecified atom stereocenters. The second-order valence-corrected chi connectivity index (χ2v) is 7.79. The van der Waals surface area contributed by atoms with Gasteiger partial charge in [-0.3, -0.25) is 4.79 Å². The Morgan fingerprint density at radius 2 is 1.95 bits per heavy atom. The number of thioether (sulfide) groups is 1. The number of rotatable bonds is 2. The number of thiophene rings is 1. The predicted molar refractivity (Wildman–Crippen MR) is 94.3 cm³/mol. The standard InChI is InChI=1S/C14H8BrClN2OS2/c15-8-1-3-9(4-2-8)17-14-18-13(19)11(21-14)7-10-5-6-12(16)20-10/h1-7H,(H,17,18,19)/b11-7+. The molecule has 3 rings (SSSR count). The van der Waals surface area contributed by atoms with Crippen molar-refractivity contribution < 1.29 is 4.79 Å². The van der Waals surface area contributed by atoms with Gasteiger partial charge in [-0.15, -0.1) is 11.3 Å². The number of amidine groups is 1. The van der Waals surface area contributed by atoms with Crippen LogP contribution in [-0.2, 0) is 4.79 Å². The number of amides is 1. The van der Waals surface area contributed by atoms with Gasteiger partial charge in [0.15, 0.2) is 5.17 Å². The summed E-state index contributed by atoms with van der Waals surface area (Å²) in [5.74, 6) is -0.139. The van der Waals surface area contributed by atoms with Crippen LogP contribution >= 0.6 is 50.6 Å². The number of nitrogens with zero attached hydrogens (tertiary/aromatic N) is 1. The minimum Gasteiger partial charge on any atom is -0.300 e. The van der Waals surface area contributed by atoms with E-state index < -0.39 is 0 Å². The first kappa shape index (κ1) is 14.8. The second kappa shape index (κ2) is 6.36. The van der Waals surface area contributed by atoms with Gasteiger partial charge < -0.3 is 5.32 Å². The summed E-state index contributed by atoms with van der Waals surface area (Å²) < 4.78 is 1.69. The molecular formula is C14H8BrClN2OS2. The van der Waals surface area contributed by atoms with Crippen molar-refractivity contribution in [3.63, 3.8) is 0 Å². The number of halogens is 2. The van der Waals surface area contributed by atoms with Gasteiger partial charge in [0, 0.05) is 9.35 Å². The molecule has 0 atom stereocenters. The molecule has 1 N–H and O–H groups in total. The lowest BCUT2D eigenvalue weighted by atomic mass is 10.3. The first-order valence-electron chi connectivity index (χ1n) is 5.91. The number of carbonyl (C=O) groups excluding carboxylic acids is 1. The van der Waals surface area contributed by atoms with Crippen LogP contribution < -0.4 is 5.32 Å². The van der Waals surface area contributed by atoms with Gasteiger partial charge in [0.1, 0.15) is 0 Å². The maximum atomic E-state index is 11.9. The Morgan fingerprint density at radius 1 is 1.19 bits per heavy atom. The largest absolute Gasteiger partial charge is 0.300 e. The topological polar surface area (TPSA) is 41.5 Å². The van der Waals surface area contributed by atoms with E-state index in [4.69, 9.17) is 11.6 Å². The third-order valence-corrected chi connectivity index (χ3v) is 5.19. The van der Waals surface area contributed by atoms with Crippen molar-refractivity contribution in [1.29, 1.82) is 0 Å². The smallest absolute Gasteiger partial charge is 0.264 e. The van der Waals surface area contributed by atoms with Gasteiger partial charge >= 0.3 is 0 Å². The fraction of sp³-hybridized carbons (Fsp3) is 0. The molecule has 1 aromatic carbocycles. The Morgan fingerprint density at radius 3 is 2.62 bits per heavy atom. The Labute approximate surface area is 143 Å². The van der Waals surface area contributed by atoms with Crippen LogP contribution in [0, 0.1) is 0 Å². The van der Waals surface area contributed by atoms with Crippen LogP contribution in [0.2, 0.25) is 4.34 Å². The maximum Gasteiger partial charge on any atom is 0.264 e. The van der Waals surface area contributed by atoms with E-state index in [9.17, 15) is 4.79 Å². The summed E-state index contributed by atoms with van der Waals surface area (Å²) >= 11 is 12.0. The zero-order chi connectivity index (χ0) is 14.8. The number of nitrogens with one attached hydrogen (secondary N) is 1. The fourth-order valence-corrected chi connectivity index (χ4v) is 3.82. The number of carbonyl (C=O) groups is 1. The van der Waals surface area contributed by atoms with Crippen LogP contribution in [0.15, 0.2) is 50.8 Å². The average molecular weight is 400 g/mol. The molecule has 1 aliphatic heterocycles. The zero-order valence-corrected chi connectivity index (χ0v) is 14.4. The highest BCUT2D eigenvalue weighted by Gasteiger charge is 2.23. The van der Waals surface area contributed by atoms with Gasteiger partial charge in [-0.2, -0.15) is 0 Å². The third-order valence-electron chi connectivity index (χ3n) is 2.58. The Bertz CT molecular complexity index is 753. The van der Waals surface area contributed by atoms with Crippen LogP contribution in [0.4, 0.5) is 5.69 Å².